The summed E-state index contributed by atoms with van der Waals surface area (Å²) in [5.74, 6) is -0.217. The van der Waals surface area contributed by atoms with Gasteiger partial charge in [0.25, 0.3) is 16.0 Å². The first-order chi connectivity index (χ1) is 21.3. The van der Waals surface area contributed by atoms with Gasteiger partial charge in [0, 0.05) is 33.8 Å². The van der Waals surface area contributed by atoms with Crippen molar-refractivity contribution in [2.75, 3.05) is 6.54 Å². The molecule has 0 spiro atoms. The quantitative estimate of drug-likeness (QED) is 0.132. The van der Waals surface area contributed by atoms with Crippen LogP contribution < -0.4 is 10.7 Å². The molecule has 0 fully saturated rings. The minimum absolute atomic E-state index is 0.0457. The lowest BCUT2D eigenvalue weighted by atomic mass is 10.1. The summed E-state index contributed by atoms with van der Waals surface area (Å²) in [4.78, 5) is 20.6. The van der Waals surface area contributed by atoms with Crippen molar-refractivity contribution in [1.82, 2.24) is 10.3 Å². The molecule has 1 heterocycles. The van der Waals surface area contributed by atoms with Gasteiger partial charge in [0.15, 0.2) is 0 Å². The standard InChI is InChI=1S/C26H27N3O.C10H8O3S/c1-3-14-27-17-20-10-6-13-23-22-12-7-11-21(16-24(22)29-25(20)23)28-26(30)19-9-5-8-18(4-2)15-19;11-14(12,13)10-7-3-5-8-4-1-2-6-9(8)10/h5-13,15-16,27,29H,3-4,14,17H2,1-2H3;1-7H,(H,11,12,13). The molecule has 5 aromatic carbocycles. The van der Waals surface area contributed by atoms with Gasteiger partial charge in [-0.3, -0.25) is 9.35 Å². The maximum atomic E-state index is 12.7. The number of hydrogen-bond acceptors (Lipinski definition) is 4. The van der Waals surface area contributed by atoms with Crippen molar-refractivity contribution in [3.05, 3.63) is 131 Å². The molecule has 6 aromatic rings. The first kappa shape index (κ1) is 30.8. The van der Waals surface area contributed by atoms with Crippen LogP contribution in [0.5, 0.6) is 0 Å². The van der Waals surface area contributed by atoms with Crippen molar-refractivity contribution in [3.8, 4) is 0 Å². The van der Waals surface area contributed by atoms with Gasteiger partial charge < -0.3 is 10.3 Å². The Morgan fingerprint density at radius 3 is 2.32 bits per heavy atom. The van der Waals surface area contributed by atoms with Crippen molar-refractivity contribution < 1.29 is 17.8 Å². The second-order valence-electron chi connectivity index (χ2n) is 10.5. The second kappa shape index (κ2) is 13.8. The van der Waals surface area contributed by atoms with E-state index >= 15 is 0 Å². The van der Waals surface area contributed by atoms with Gasteiger partial charge in [-0.25, -0.2) is 4.99 Å². The molecule has 8 heteroatoms. The number of H-pyrrole nitrogens is 1. The number of rotatable bonds is 7. The molecule has 0 aliphatic carbocycles. The maximum Gasteiger partial charge on any atom is 0.295 e. The Morgan fingerprint density at radius 2 is 1.52 bits per heavy atom. The van der Waals surface area contributed by atoms with Gasteiger partial charge in [0.2, 0.25) is 0 Å². The number of benzene rings is 4. The Balaban J connectivity index is 0.000000229. The van der Waals surface area contributed by atoms with Crippen molar-refractivity contribution in [2.45, 2.75) is 38.1 Å². The van der Waals surface area contributed by atoms with Crippen LogP contribution in [0.4, 0.5) is 0 Å². The zero-order valence-electron chi connectivity index (χ0n) is 24.7. The Labute approximate surface area is 257 Å². The normalized spacial score (nSPS) is 11.9. The molecule has 1 aromatic heterocycles. The summed E-state index contributed by atoms with van der Waals surface area (Å²) in [7, 11) is -4.13. The molecular formula is C36H35N3O4S. The van der Waals surface area contributed by atoms with Crippen LogP contribution in [0.2, 0.25) is 0 Å². The van der Waals surface area contributed by atoms with Gasteiger partial charge in [-0.15, -0.1) is 0 Å². The van der Waals surface area contributed by atoms with E-state index in [1.54, 1.807) is 30.3 Å². The molecule has 44 heavy (non-hydrogen) atoms. The van der Waals surface area contributed by atoms with E-state index in [9.17, 15) is 13.2 Å². The minimum Gasteiger partial charge on any atom is -0.354 e. The maximum absolute atomic E-state index is 12.7. The highest BCUT2D eigenvalue weighted by atomic mass is 32.2. The summed E-state index contributed by atoms with van der Waals surface area (Å²) < 4.78 is 31.0. The number of para-hydroxylation sites is 1. The Kier molecular flexibility index (Phi) is 9.65. The van der Waals surface area contributed by atoms with Crippen LogP contribution in [0.1, 0.15) is 41.8 Å². The second-order valence-corrected chi connectivity index (χ2v) is 11.9. The molecule has 0 saturated carbocycles. The van der Waals surface area contributed by atoms with Crippen LogP contribution >= 0.6 is 0 Å². The van der Waals surface area contributed by atoms with E-state index in [2.05, 4.69) is 53.4 Å². The fourth-order valence-corrected chi connectivity index (χ4v) is 5.91. The lowest BCUT2D eigenvalue weighted by molar-refractivity contribution is 0.0998. The highest BCUT2D eigenvalue weighted by Gasteiger charge is 2.12. The molecular weight excluding hydrogens is 570 g/mol. The summed E-state index contributed by atoms with van der Waals surface area (Å²) >= 11 is 0. The SMILES string of the molecule is CCCNCc1cccc2c1[nH]c1cc(=NC(=O)c3cccc(CC)c3)cccc12.O=S(=O)(O)c1cccc2ccccc12. The van der Waals surface area contributed by atoms with Crippen LogP contribution in [-0.4, -0.2) is 30.4 Å². The number of nitrogens with zero attached hydrogens (tertiary/aromatic N) is 1. The monoisotopic (exact) mass is 605 g/mol. The molecule has 0 unspecified atom stereocenters. The zero-order valence-corrected chi connectivity index (χ0v) is 25.6. The van der Waals surface area contributed by atoms with E-state index in [0.29, 0.717) is 16.3 Å². The lowest BCUT2D eigenvalue weighted by Gasteiger charge is -2.04. The summed E-state index contributed by atoms with van der Waals surface area (Å²) in [6.45, 7) is 6.07. The Morgan fingerprint density at radius 1 is 0.818 bits per heavy atom. The third kappa shape index (κ3) is 7.11. The molecule has 0 bridgehead atoms. The van der Waals surface area contributed by atoms with Crippen LogP contribution in [0, 0.1) is 0 Å². The van der Waals surface area contributed by atoms with Gasteiger partial charge in [-0.2, -0.15) is 8.42 Å². The first-order valence-corrected chi connectivity index (χ1v) is 16.1. The van der Waals surface area contributed by atoms with Gasteiger partial charge in [-0.05, 0) is 66.2 Å². The molecule has 0 aliphatic rings. The highest BCUT2D eigenvalue weighted by Crippen LogP contribution is 2.26. The van der Waals surface area contributed by atoms with Crippen molar-refractivity contribution in [3.63, 3.8) is 0 Å². The predicted octanol–water partition coefficient (Wildman–Crippen LogP) is 7.21. The first-order valence-electron chi connectivity index (χ1n) is 14.7. The molecule has 0 atom stereocenters. The number of aromatic amines is 1. The van der Waals surface area contributed by atoms with Crippen LogP contribution in [0.3, 0.4) is 0 Å². The number of aryl methyl sites for hydroxylation is 1. The van der Waals surface area contributed by atoms with Crippen LogP contribution in [0.25, 0.3) is 32.6 Å². The molecule has 7 nitrogen and oxygen atoms in total. The van der Waals surface area contributed by atoms with Crippen LogP contribution in [-0.2, 0) is 23.1 Å². The summed E-state index contributed by atoms with van der Waals surface area (Å²) in [5.41, 5.74) is 5.11. The molecule has 0 aliphatic heterocycles. The molecule has 1 amide bonds. The van der Waals surface area contributed by atoms with Gasteiger partial charge in [0.05, 0.1) is 10.9 Å². The third-order valence-electron chi connectivity index (χ3n) is 7.40. The summed E-state index contributed by atoms with van der Waals surface area (Å²) in [6, 6.07) is 33.7. The number of carbonyl (C=O) groups excluding carboxylic acids is 1. The summed E-state index contributed by atoms with van der Waals surface area (Å²) in [6.07, 6.45) is 2.01. The van der Waals surface area contributed by atoms with Gasteiger partial charge in [0.1, 0.15) is 4.90 Å². The number of carbonyl (C=O) groups is 1. The van der Waals surface area contributed by atoms with E-state index in [4.69, 9.17) is 4.55 Å². The smallest absolute Gasteiger partial charge is 0.295 e. The molecule has 0 radical (unpaired) electrons. The number of fused-ring (bicyclic) bond motifs is 4. The molecule has 6 rings (SSSR count). The molecule has 0 saturated heterocycles. The third-order valence-corrected chi connectivity index (χ3v) is 8.31. The molecule has 3 N–H and O–H groups in total. The Bertz CT molecular complexity index is 2130. The topological polar surface area (TPSA) is 112 Å². The zero-order chi connectivity index (χ0) is 31.1. The number of nitrogens with one attached hydrogen (secondary N) is 2. The fraction of sp³-hybridized carbons (Fsp3) is 0.167. The largest absolute Gasteiger partial charge is 0.354 e. The predicted molar refractivity (Wildman–Crippen MR) is 177 cm³/mol. The minimum atomic E-state index is -4.13. The average molecular weight is 606 g/mol. The van der Waals surface area contributed by atoms with E-state index in [0.717, 1.165) is 53.3 Å². The van der Waals surface area contributed by atoms with Crippen LogP contribution in [0.15, 0.2) is 119 Å². The van der Waals surface area contributed by atoms with Gasteiger partial charge >= 0.3 is 0 Å². The van der Waals surface area contributed by atoms with E-state index in [1.165, 1.54) is 17.0 Å². The van der Waals surface area contributed by atoms with Crippen molar-refractivity contribution in [1.29, 1.82) is 0 Å². The summed E-state index contributed by atoms with van der Waals surface area (Å²) in [5, 5.41) is 7.77. The van der Waals surface area contributed by atoms with E-state index < -0.39 is 10.1 Å². The van der Waals surface area contributed by atoms with Crippen molar-refractivity contribution in [2.24, 2.45) is 4.99 Å². The fourth-order valence-electron chi connectivity index (χ4n) is 5.20. The average Bonchev–Trinajstić information content (AvgIpc) is 3.25. The number of hydrogen-bond donors (Lipinski definition) is 3. The molecule has 224 valence electrons. The van der Waals surface area contributed by atoms with Gasteiger partial charge in [-0.1, -0.05) is 92.7 Å². The lowest BCUT2D eigenvalue weighted by Crippen LogP contribution is -2.13. The van der Waals surface area contributed by atoms with E-state index in [-0.39, 0.29) is 10.8 Å². The number of aromatic nitrogens is 1. The number of amides is 1. The Hall–Kier alpha value is -4.63. The van der Waals surface area contributed by atoms with Crippen molar-refractivity contribution >= 4 is 48.6 Å². The highest BCUT2D eigenvalue weighted by molar-refractivity contribution is 7.86. The van der Waals surface area contributed by atoms with E-state index in [1.807, 2.05) is 48.5 Å².